The Morgan fingerprint density at radius 2 is 1.93 bits per heavy atom. The molecule has 0 atom stereocenters. The average molecular weight is 483 g/mol. The number of halogens is 1. The van der Waals surface area contributed by atoms with Gasteiger partial charge in [0.05, 0.1) is 13.7 Å². The lowest BCUT2D eigenvalue weighted by Gasteiger charge is -2.15. The van der Waals surface area contributed by atoms with Crippen LogP contribution in [0.5, 0.6) is 11.5 Å². The highest BCUT2D eigenvalue weighted by Gasteiger charge is 2.05. The third-order valence-corrected chi connectivity index (χ3v) is 4.03. The average Bonchev–Trinajstić information content (AvgIpc) is 2.66. The summed E-state index contributed by atoms with van der Waals surface area (Å²) in [4.78, 5) is 4.29. The monoisotopic (exact) mass is 483 g/mol. The maximum Gasteiger partial charge on any atom is 0.191 e. The summed E-state index contributed by atoms with van der Waals surface area (Å²) in [5.74, 6) is 2.58. The van der Waals surface area contributed by atoms with E-state index in [1.165, 1.54) is 11.1 Å². The molecule has 0 unspecified atom stereocenters. The molecule has 27 heavy (non-hydrogen) atoms. The third kappa shape index (κ3) is 7.66. The molecule has 148 valence electrons. The quantitative estimate of drug-likeness (QED) is 0.340. The Morgan fingerprint density at radius 1 is 1.11 bits per heavy atom. The van der Waals surface area contributed by atoms with Crippen molar-refractivity contribution in [3.63, 3.8) is 0 Å². The molecule has 0 saturated heterocycles. The largest absolute Gasteiger partial charge is 0.497 e. The number of hydrogen-bond acceptors (Lipinski definition) is 3. The van der Waals surface area contributed by atoms with E-state index in [1.54, 1.807) is 14.2 Å². The molecule has 2 aromatic rings. The Hall–Kier alpha value is -1.96. The van der Waals surface area contributed by atoms with Crippen LogP contribution in [-0.2, 0) is 13.0 Å². The second kappa shape index (κ2) is 12.4. The van der Waals surface area contributed by atoms with Crippen molar-refractivity contribution in [1.82, 2.24) is 10.6 Å². The standard InChI is InChI=1S/C21H29N3O2.HI/c1-5-26-20-13-16(2)9-10-18(20)15-24-21(22-3)23-12-11-17-7-6-8-19(14-17)25-4;/h6-10,13-14H,5,11-12,15H2,1-4H3,(H2,22,23,24);1H. The molecule has 0 spiro atoms. The van der Waals surface area contributed by atoms with E-state index in [4.69, 9.17) is 9.47 Å². The molecule has 5 nitrogen and oxygen atoms in total. The zero-order valence-corrected chi connectivity index (χ0v) is 18.9. The van der Waals surface area contributed by atoms with Crippen molar-refractivity contribution >= 4 is 29.9 Å². The first-order valence-corrected chi connectivity index (χ1v) is 8.96. The van der Waals surface area contributed by atoms with Crippen LogP contribution >= 0.6 is 24.0 Å². The lowest BCUT2D eigenvalue weighted by Crippen LogP contribution is -2.37. The predicted octanol–water partition coefficient (Wildman–Crippen LogP) is 3.93. The van der Waals surface area contributed by atoms with Gasteiger partial charge in [0.25, 0.3) is 0 Å². The lowest BCUT2D eigenvalue weighted by molar-refractivity contribution is 0.336. The van der Waals surface area contributed by atoms with Crippen LogP contribution in [0.1, 0.15) is 23.6 Å². The molecule has 0 saturated carbocycles. The fraction of sp³-hybridized carbons (Fsp3) is 0.381. The molecule has 0 aromatic heterocycles. The minimum atomic E-state index is 0. The van der Waals surface area contributed by atoms with Crippen molar-refractivity contribution in [1.29, 1.82) is 0 Å². The number of ether oxygens (including phenoxy) is 2. The van der Waals surface area contributed by atoms with Gasteiger partial charge in [0.15, 0.2) is 5.96 Å². The van der Waals surface area contributed by atoms with E-state index in [9.17, 15) is 0 Å². The van der Waals surface area contributed by atoms with Gasteiger partial charge in [-0.25, -0.2) is 0 Å². The van der Waals surface area contributed by atoms with E-state index in [1.807, 2.05) is 19.1 Å². The molecular weight excluding hydrogens is 453 g/mol. The normalized spacial score (nSPS) is 10.7. The van der Waals surface area contributed by atoms with Gasteiger partial charge < -0.3 is 20.1 Å². The van der Waals surface area contributed by atoms with E-state index in [2.05, 4.69) is 52.9 Å². The molecule has 2 aromatic carbocycles. The van der Waals surface area contributed by atoms with Crippen LogP contribution in [0.4, 0.5) is 0 Å². The van der Waals surface area contributed by atoms with Crippen molar-refractivity contribution in [2.24, 2.45) is 4.99 Å². The number of nitrogens with one attached hydrogen (secondary N) is 2. The van der Waals surface area contributed by atoms with Crippen molar-refractivity contribution in [2.75, 3.05) is 27.3 Å². The van der Waals surface area contributed by atoms with Crippen LogP contribution < -0.4 is 20.1 Å². The number of aryl methyl sites for hydroxylation is 1. The van der Waals surface area contributed by atoms with Crippen LogP contribution in [0.3, 0.4) is 0 Å². The van der Waals surface area contributed by atoms with E-state index in [-0.39, 0.29) is 24.0 Å². The van der Waals surface area contributed by atoms with Gasteiger partial charge in [0.1, 0.15) is 11.5 Å². The van der Waals surface area contributed by atoms with E-state index < -0.39 is 0 Å². The first kappa shape index (κ1) is 23.1. The number of nitrogens with zero attached hydrogens (tertiary/aromatic N) is 1. The Kier molecular flexibility index (Phi) is 10.6. The van der Waals surface area contributed by atoms with Crippen LogP contribution in [0.2, 0.25) is 0 Å². The van der Waals surface area contributed by atoms with Gasteiger partial charge in [-0.05, 0) is 49.6 Å². The maximum absolute atomic E-state index is 5.73. The van der Waals surface area contributed by atoms with Crippen molar-refractivity contribution in [3.05, 3.63) is 59.2 Å². The summed E-state index contributed by atoms with van der Waals surface area (Å²) in [7, 11) is 3.46. The van der Waals surface area contributed by atoms with Gasteiger partial charge in [-0.3, -0.25) is 4.99 Å². The minimum absolute atomic E-state index is 0. The van der Waals surface area contributed by atoms with Crippen LogP contribution in [0, 0.1) is 6.92 Å². The van der Waals surface area contributed by atoms with E-state index >= 15 is 0 Å². The number of methoxy groups -OCH3 is 1. The Morgan fingerprint density at radius 3 is 2.63 bits per heavy atom. The molecule has 0 aliphatic heterocycles. The summed E-state index contributed by atoms with van der Waals surface area (Å²) in [6.45, 7) is 6.18. The van der Waals surface area contributed by atoms with Crippen LogP contribution in [-0.4, -0.2) is 33.3 Å². The summed E-state index contributed by atoms with van der Waals surface area (Å²) in [6.07, 6.45) is 0.895. The number of rotatable bonds is 8. The zero-order valence-electron chi connectivity index (χ0n) is 16.5. The van der Waals surface area contributed by atoms with Crippen molar-refractivity contribution < 1.29 is 9.47 Å². The molecule has 0 amide bonds. The second-order valence-electron chi connectivity index (χ2n) is 6.00. The summed E-state index contributed by atoms with van der Waals surface area (Å²) >= 11 is 0. The van der Waals surface area contributed by atoms with Gasteiger partial charge in [-0.15, -0.1) is 24.0 Å². The summed E-state index contributed by atoms with van der Waals surface area (Å²) in [6, 6.07) is 14.4. The topological polar surface area (TPSA) is 54.9 Å². The molecule has 0 aliphatic rings. The Balaban J connectivity index is 0.00000364. The summed E-state index contributed by atoms with van der Waals surface area (Å²) < 4.78 is 11.0. The molecular formula is C21H30IN3O2. The third-order valence-electron chi connectivity index (χ3n) is 4.03. The van der Waals surface area contributed by atoms with Crippen LogP contribution in [0.15, 0.2) is 47.5 Å². The number of benzene rings is 2. The number of hydrogen-bond donors (Lipinski definition) is 2. The molecule has 0 fully saturated rings. The summed E-state index contributed by atoms with van der Waals surface area (Å²) in [5, 5.41) is 6.69. The first-order chi connectivity index (χ1) is 12.7. The highest BCUT2D eigenvalue weighted by Crippen LogP contribution is 2.20. The van der Waals surface area contributed by atoms with Crippen molar-refractivity contribution in [3.8, 4) is 11.5 Å². The molecule has 6 heteroatoms. The maximum atomic E-state index is 5.73. The van der Waals surface area contributed by atoms with Gasteiger partial charge in [0, 0.05) is 25.7 Å². The molecule has 2 rings (SSSR count). The molecule has 2 N–H and O–H groups in total. The second-order valence-corrected chi connectivity index (χ2v) is 6.00. The van der Waals surface area contributed by atoms with Gasteiger partial charge >= 0.3 is 0 Å². The fourth-order valence-electron chi connectivity index (χ4n) is 2.65. The molecule has 0 bridgehead atoms. The lowest BCUT2D eigenvalue weighted by atomic mass is 10.1. The van der Waals surface area contributed by atoms with Gasteiger partial charge in [0.2, 0.25) is 0 Å². The van der Waals surface area contributed by atoms with Crippen LogP contribution in [0.25, 0.3) is 0 Å². The van der Waals surface area contributed by atoms with Gasteiger partial charge in [-0.1, -0.05) is 24.3 Å². The van der Waals surface area contributed by atoms with Crippen molar-refractivity contribution in [2.45, 2.75) is 26.8 Å². The molecule has 0 aliphatic carbocycles. The molecule has 0 heterocycles. The zero-order chi connectivity index (χ0) is 18.8. The highest BCUT2D eigenvalue weighted by atomic mass is 127. The number of aliphatic imine (C=N–C) groups is 1. The first-order valence-electron chi connectivity index (χ1n) is 8.96. The van der Waals surface area contributed by atoms with E-state index in [0.717, 1.165) is 36.0 Å². The highest BCUT2D eigenvalue weighted by molar-refractivity contribution is 14.0. The molecule has 0 radical (unpaired) electrons. The smallest absolute Gasteiger partial charge is 0.191 e. The summed E-state index contributed by atoms with van der Waals surface area (Å²) in [5.41, 5.74) is 3.54. The Labute approximate surface area is 179 Å². The van der Waals surface area contributed by atoms with E-state index in [0.29, 0.717) is 13.2 Å². The Bertz CT molecular complexity index is 735. The van der Waals surface area contributed by atoms with Gasteiger partial charge in [-0.2, -0.15) is 0 Å². The predicted molar refractivity (Wildman–Crippen MR) is 123 cm³/mol. The fourth-order valence-corrected chi connectivity index (χ4v) is 2.65. The minimum Gasteiger partial charge on any atom is -0.497 e. The SMILES string of the molecule is CCOc1cc(C)ccc1CNC(=NC)NCCc1cccc(OC)c1.I. The number of guanidine groups is 1.